The SMILES string of the molecule is O=S(=O)(NCCOc1ccc2nnc(-c3ccccc3Cl)n2n1)c1cccc(Cl)c1Cl. The minimum atomic E-state index is -3.85. The van der Waals surface area contributed by atoms with Crippen LogP contribution in [0.4, 0.5) is 0 Å². The lowest BCUT2D eigenvalue weighted by atomic mass is 10.2. The number of benzene rings is 2. The second-order valence-electron chi connectivity index (χ2n) is 6.24. The van der Waals surface area contributed by atoms with Crippen LogP contribution in [-0.2, 0) is 10.0 Å². The van der Waals surface area contributed by atoms with E-state index >= 15 is 0 Å². The summed E-state index contributed by atoms with van der Waals surface area (Å²) in [4.78, 5) is -0.102. The highest BCUT2D eigenvalue weighted by Crippen LogP contribution is 2.29. The van der Waals surface area contributed by atoms with Crippen LogP contribution in [0, 0.1) is 0 Å². The van der Waals surface area contributed by atoms with Crippen molar-refractivity contribution >= 4 is 50.5 Å². The molecule has 0 spiro atoms. The fraction of sp³-hybridized carbons (Fsp3) is 0.105. The third-order valence-corrected chi connectivity index (χ3v) is 6.97. The van der Waals surface area contributed by atoms with Gasteiger partial charge in [-0.05, 0) is 30.3 Å². The number of sulfonamides is 1. The average molecular weight is 499 g/mol. The Morgan fingerprint density at radius 3 is 2.52 bits per heavy atom. The molecule has 31 heavy (non-hydrogen) atoms. The number of fused-ring (bicyclic) bond motifs is 1. The minimum Gasteiger partial charge on any atom is -0.475 e. The largest absolute Gasteiger partial charge is 0.475 e. The molecule has 0 atom stereocenters. The maximum absolute atomic E-state index is 12.4. The second-order valence-corrected chi connectivity index (χ2v) is 9.17. The van der Waals surface area contributed by atoms with Crippen LogP contribution in [0.15, 0.2) is 59.5 Å². The molecule has 0 aliphatic rings. The molecule has 4 rings (SSSR count). The number of rotatable bonds is 7. The molecule has 2 aromatic carbocycles. The summed E-state index contributed by atoms with van der Waals surface area (Å²) in [6.45, 7) is 0.0178. The van der Waals surface area contributed by atoms with Crippen molar-refractivity contribution in [3.8, 4) is 17.3 Å². The van der Waals surface area contributed by atoms with Crippen molar-refractivity contribution in [2.24, 2.45) is 0 Å². The monoisotopic (exact) mass is 497 g/mol. The summed E-state index contributed by atoms with van der Waals surface area (Å²) in [5.41, 5.74) is 1.19. The molecule has 0 amide bonds. The summed E-state index contributed by atoms with van der Waals surface area (Å²) >= 11 is 18.1. The summed E-state index contributed by atoms with van der Waals surface area (Å²) in [5, 5.41) is 13.2. The van der Waals surface area contributed by atoms with Crippen LogP contribution >= 0.6 is 34.8 Å². The quantitative estimate of drug-likeness (QED) is 0.385. The molecular formula is C19H14Cl3N5O3S. The molecule has 0 unspecified atom stereocenters. The van der Waals surface area contributed by atoms with Crippen LogP contribution in [0.1, 0.15) is 0 Å². The number of halogens is 3. The smallest absolute Gasteiger partial charge is 0.242 e. The molecule has 2 aromatic heterocycles. The Hall–Kier alpha value is -2.43. The average Bonchev–Trinajstić information content (AvgIpc) is 3.16. The number of nitrogens with one attached hydrogen (secondary N) is 1. The Kier molecular flexibility index (Phi) is 6.31. The first-order chi connectivity index (χ1) is 14.9. The van der Waals surface area contributed by atoms with Crippen molar-refractivity contribution in [3.05, 3.63) is 69.7 Å². The van der Waals surface area contributed by atoms with Gasteiger partial charge in [-0.25, -0.2) is 13.1 Å². The van der Waals surface area contributed by atoms with E-state index in [1.54, 1.807) is 18.2 Å². The summed E-state index contributed by atoms with van der Waals surface area (Å²) in [7, 11) is -3.85. The van der Waals surface area contributed by atoms with E-state index in [0.717, 1.165) is 0 Å². The van der Waals surface area contributed by atoms with E-state index in [9.17, 15) is 8.42 Å². The van der Waals surface area contributed by atoms with Gasteiger partial charge in [0.15, 0.2) is 11.5 Å². The van der Waals surface area contributed by atoms with Gasteiger partial charge in [0.25, 0.3) is 0 Å². The van der Waals surface area contributed by atoms with Crippen LogP contribution < -0.4 is 9.46 Å². The first-order valence-electron chi connectivity index (χ1n) is 8.90. The van der Waals surface area contributed by atoms with E-state index in [1.165, 1.54) is 22.7 Å². The molecule has 0 aliphatic heterocycles. The highest BCUT2D eigenvalue weighted by atomic mass is 35.5. The van der Waals surface area contributed by atoms with Crippen molar-refractivity contribution in [2.75, 3.05) is 13.2 Å². The Balaban J connectivity index is 1.46. The second kappa shape index (κ2) is 8.97. The molecule has 4 aromatic rings. The van der Waals surface area contributed by atoms with Gasteiger partial charge < -0.3 is 4.74 Å². The number of hydrogen-bond acceptors (Lipinski definition) is 6. The normalized spacial score (nSPS) is 11.7. The summed E-state index contributed by atoms with van der Waals surface area (Å²) in [6, 6.07) is 14.9. The van der Waals surface area contributed by atoms with Gasteiger partial charge in [0.05, 0.1) is 15.1 Å². The summed E-state index contributed by atoms with van der Waals surface area (Å²) in [5.74, 6) is 0.725. The summed E-state index contributed by atoms with van der Waals surface area (Å²) < 4.78 is 34.4. The molecule has 160 valence electrons. The number of aromatic nitrogens is 4. The lowest BCUT2D eigenvalue weighted by molar-refractivity contribution is 0.306. The Morgan fingerprint density at radius 2 is 1.71 bits per heavy atom. The molecule has 0 aliphatic carbocycles. The van der Waals surface area contributed by atoms with E-state index in [2.05, 4.69) is 20.0 Å². The Morgan fingerprint density at radius 1 is 0.935 bits per heavy atom. The van der Waals surface area contributed by atoms with E-state index < -0.39 is 10.0 Å². The van der Waals surface area contributed by atoms with Crippen molar-refractivity contribution in [3.63, 3.8) is 0 Å². The topological polar surface area (TPSA) is 98.5 Å². The van der Waals surface area contributed by atoms with E-state index in [-0.39, 0.29) is 34.0 Å². The van der Waals surface area contributed by atoms with Crippen LogP contribution in [0.2, 0.25) is 15.1 Å². The fourth-order valence-corrected chi connectivity index (χ4v) is 4.75. The molecule has 0 saturated carbocycles. The van der Waals surface area contributed by atoms with E-state index in [1.807, 2.05) is 18.2 Å². The van der Waals surface area contributed by atoms with Crippen molar-refractivity contribution < 1.29 is 13.2 Å². The molecule has 2 heterocycles. The van der Waals surface area contributed by atoms with Crippen LogP contribution in [0.5, 0.6) is 5.88 Å². The standard InChI is InChI=1S/C19H14Cl3N5O3S/c20-13-5-2-1-4-12(13)19-25-24-16-8-9-17(26-27(16)19)30-11-10-23-31(28,29)15-7-3-6-14(21)18(15)22/h1-9,23H,10-11H2. The molecule has 0 radical (unpaired) electrons. The predicted octanol–water partition coefficient (Wildman–Crippen LogP) is 4.11. The third kappa shape index (κ3) is 4.60. The molecule has 12 heteroatoms. The zero-order chi connectivity index (χ0) is 22.0. The lowest BCUT2D eigenvalue weighted by Crippen LogP contribution is -2.28. The Bertz CT molecular complexity index is 1360. The lowest BCUT2D eigenvalue weighted by Gasteiger charge is -2.10. The Labute approximate surface area is 192 Å². The number of ether oxygens (including phenoxy) is 1. The first-order valence-corrected chi connectivity index (χ1v) is 11.5. The molecule has 0 bridgehead atoms. The molecule has 8 nitrogen and oxygen atoms in total. The van der Waals surface area contributed by atoms with Gasteiger partial charge in [-0.15, -0.1) is 15.3 Å². The maximum atomic E-state index is 12.4. The van der Waals surface area contributed by atoms with Gasteiger partial charge in [-0.2, -0.15) is 4.52 Å². The zero-order valence-electron chi connectivity index (χ0n) is 15.7. The van der Waals surface area contributed by atoms with Gasteiger partial charge in [0, 0.05) is 18.2 Å². The highest BCUT2D eigenvalue weighted by molar-refractivity contribution is 7.89. The van der Waals surface area contributed by atoms with Crippen molar-refractivity contribution in [1.82, 2.24) is 24.5 Å². The zero-order valence-corrected chi connectivity index (χ0v) is 18.8. The van der Waals surface area contributed by atoms with Gasteiger partial charge in [-0.1, -0.05) is 53.0 Å². The number of hydrogen-bond donors (Lipinski definition) is 1. The van der Waals surface area contributed by atoms with Gasteiger partial charge in [-0.3, -0.25) is 0 Å². The van der Waals surface area contributed by atoms with Gasteiger partial charge >= 0.3 is 0 Å². The van der Waals surface area contributed by atoms with Crippen molar-refractivity contribution in [2.45, 2.75) is 4.90 Å². The van der Waals surface area contributed by atoms with E-state index in [0.29, 0.717) is 22.1 Å². The van der Waals surface area contributed by atoms with E-state index in [4.69, 9.17) is 39.5 Å². The molecule has 1 N–H and O–H groups in total. The maximum Gasteiger partial charge on any atom is 0.242 e. The van der Waals surface area contributed by atoms with Crippen molar-refractivity contribution in [1.29, 1.82) is 0 Å². The molecule has 0 fully saturated rings. The first kappa shape index (κ1) is 21.8. The summed E-state index contributed by atoms with van der Waals surface area (Å²) in [6.07, 6.45) is 0. The fourth-order valence-electron chi connectivity index (χ4n) is 2.76. The third-order valence-electron chi connectivity index (χ3n) is 4.20. The van der Waals surface area contributed by atoms with Crippen LogP contribution in [0.3, 0.4) is 0 Å². The molecular weight excluding hydrogens is 485 g/mol. The minimum absolute atomic E-state index is 0.00948. The van der Waals surface area contributed by atoms with Crippen LogP contribution in [0.25, 0.3) is 17.0 Å². The number of nitrogens with zero attached hydrogens (tertiary/aromatic N) is 4. The van der Waals surface area contributed by atoms with Crippen LogP contribution in [-0.4, -0.2) is 41.4 Å². The highest BCUT2D eigenvalue weighted by Gasteiger charge is 2.19. The molecule has 0 saturated heterocycles. The predicted molar refractivity (Wildman–Crippen MR) is 118 cm³/mol. The van der Waals surface area contributed by atoms with Gasteiger partial charge in [0.2, 0.25) is 15.9 Å². The van der Waals surface area contributed by atoms with Gasteiger partial charge in [0.1, 0.15) is 11.5 Å².